The van der Waals surface area contributed by atoms with Gasteiger partial charge in [0.05, 0.1) is 23.3 Å². The predicted molar refractivity (Wildman–Crippen MR) is 119 cm³/mol. The van der Waals surface area contributed by atoms with Crippen molar-refractivity contribution in [3.05, 3.63) is 0 Å². The van der Waals surface area contributed by atoms with Crippen LogP contribution >= 0.6 is 11.6 Å². The molecule has 6 atom stereocenters. The molecule has 2 saturated heterocycles. The van der Waals surface area contributed by atoms with Gasteiger partial charge >= 0.3 is 0 Å². The summed E-state index contributed by atoms with van der Waals surface area (Å²) in [7, 11) is -5.36. The molecule has 32 heavy (non-hydrogen) atoms. The first-order valence-electron chi connectivity index (χ1n) is 10.8. The van der Waals surface area contributed by atoms with E-state index in [4.69, 9.17) is 11.6 Å². The minimum atomic E-state index is -3.93. The quantitative estimate of drug-likeness (QED) is 0.305. The molecule has 3 rings (SSSR count). The van der Waals surface area contributed by atoms with Gasteiger partial charge in [0.1, 0.15) is 6.17 Å². The Hall–Kier alpha value is -0.570. The van der Waals surface area contributed by atoms with Gasteiger partial charge < -0.3 is 0 Å². The van der Waals surface area contributed by atoms with Crippen LogP contribution in [0.25, 0.3) is 0 Å². The zero-order valence-electron chi connectivity index (χ0n) is 18.3. The minimum Gasteiger partial charge on any atom is -0.300 e. The third kappa shape index (κ3) is 6.73. The average Bonchev–Trinajstić information content (AvgIpc) is 3.14. The monoisotopic (exact) mass is 517 g/mol. The number of halogens is 2. The number of amides is 1. The van der Waals surface area contributed by atoms with Crippen LogP contribution in [-0.4, -0.2) is 94.9 Å². The molecule has 0 aromatic carbocycles. The second-order valence-electron chi connectivity index (χ2n) is 9.31. The molecule has 3 aliphatic rings. The van der Waals surface area contributed by atoms with Crippen LogP contribution in [-0.2, 0) is 24.8 Å². The van der Waals surface area contributed by atoms with Crippen molar-refractivity contribution < 1.29 is 26.0 Å². The Morgan fingerprint density at radius 3 is 2.56 bits per heavy atom. The fraction of sp³-hybridized carbons (Fsp3) is 0.944. The Kier molecular flexibility index (Phi) is 8.43. The number of hydrazine groups is 1. The Morgan fingerprint density at radius 1 is 1.22 bits per heavy atom. The first kappa shape index (κ1) is 26.0. The minimum absolute atomic E-state index is 0.00558. The topological polar surface area (TPSA) is 128 Å². The second kappa shape index (κ2) is 10.4. The summed E-state index contributed by atoms with van der Waals surface area (Å²) in [6, 6.07) is 0.102. The lowest BCUT2D eigenvalue weighted by Crippen LogP contribution is -2.53. The van der Waals surface area contributed by atoms with Gasteiger partial charge in [-0.1, -0.05) is 0 Å². The molecule has 1 aliphatic carbocycles. The molecule has 3 N–H and O–H groups in total. The van der Waals surface area contributed by atoms with Crippen LogP contribution in [0.2, 0.25) is 0 Å². The predicted octanol–water partition coefficient (Wildman–Crippen LogP) is -0.559. The van der Waals surface area contributed by atoms with E-state index in [1.54, 1.807) is 0 Å². The average molecular weight is 518 g/mol. The maximum atomic E-state index is 14.7. The van der Waals surface area contributed by atoms with E-state index in [-0.39, 0.29) is 30.7 Å². The fourth-order valence-corrected chi connectivity index (χ4v) is 7.47. The fourth-order valence-electron chi connectivity index (χ4n) is 4.89. The van der Waals surface area contributed by atoms with Gasteiger partial charge in [-0.25, -0.2) is 25.5 Å². The Morgan fingerprint density at radius 2 is 1.94 bits per heavy atom. The van der Waals surface area contributed by atoms with Gasteiger partial charge in [0.2, 0.25) is 26.0 Å². The van der Waals surface area contributed by atoms with E-state index in [0.29, 0.717) is 32.5 Å². The van der Waals surface area contributed by atoms with Crippen LogP contribution in [0.5, 0.6) is 0 Å². The van der Waals surface area contributed by atoms with Crippen molar-refractivity contribution in [1.29, 1.82) is 0 Å². The summed E-state index contributed by atoms with van der Waals surface area (Å²) in [5, 5.41) is 2.52. The van der Waals surface area contributed by atoms with Crippen LogP contribution in [0.3, 0.4) is 0 Å². The lowest BCUT2D eigenvalue weighted by Gasteiger charge is -2.37. The highest BCUT2D eigenvalue weighted by atomic mass is 35.5. The summed E-state index contributed by atoms with van der Waals surface area (Å²) >= 11 is 6.20. The number of nitrogens with one attached hydrogen (secondary N) is 3. The van der Waals surface area contributed by atoms with E-state index in [1.807, 2.05) is 7.05 Å². The van der Waals surface area contributed by atoms with E-state index >= 15 is 0 Å². The molecule has 0 radical (unpaired) electrons. The molecule has 0 aromatic heterocycles. The number of carbonyl (C=O) groups is 1. The molecule has 2 heterocycles. The van der Waals surface area contributed by atoms with E-state index in [1.165, 1.54) is 4.31 Å². The number of hydrogen-bond acceptors (Lipinski definition) is 7. The van der Waals surface area contributed by atoms with Crippen LogP contribution in [0.1, 0.15) is 25.7 Å². The molecule has 10 nitrogen and oxygen atoms in total. The highest BCUT2D eigenvalue weighted by Gasteiger charge is 2.44. The van der Waals surface area contributed by atoms with Crippen LogP contribution in [0.15, 0.2) is 0 Å². The smallest absolute Gasteiger partial charge is 0.241 e. The molecule has 1 saturated carbocycles. The molecule has 186 valence electrons. The van der Waals surface area contributed by atoms with Gasteiger partial charge in [-0.15, -0.1) is 16.4 Å². The van der Waals surface area contributed by atoms with Gasteiger partial charge in [-0.2, -0.15) is 0 Å². The third-order valence-corrected chi connectivity index (χ3v) is 9.60. The standard InChI is InChI=1S/C18H33ClFN5O5S2/c1-24-9-16(21-11-24)13-6-14(17(20)15(19)7-13)18(26)22-23-32(29,30)10-12-4-3-5-25(8-12)31(2,27)28/h12-17,21,23H,3-11H2,1-2H3,(H,22,26). The number of piperidine rings is 1. The van der Waals surface area contributed by atoms with Gasteiger partial charge in [0.15, 0.2) is 0 Å². The largest absolute Gasteiger partial charge is 0.300 e. The number of likely N-dealkylation sites (N-methyl/N-ethyl adjacent to an activating group) is 1. The van der Waals surface area contributed by atoms with Gasteiger partial charge in [0.25, 0.3) is 0 Å². The van der Waals surface area contributed by atoms with Crippen molar-refractivity contribution >= 4 is 37.6 Å². The number of rotatable bonds is 7. The zero-order valence-corrected chi connectivity index (χ0v) is 20.7. The number of nitrogens with zero attached hydrogens (tertiary/aromatic N) is 2. The first-order chi connectivity index (χ1) is 14.9. The molecule has 2 aliphatic heterocycles. The normalized spacial score (nSPS) is 35.6. The molecule has 0 spiro atoms. The van der Waals surface area contributed by atoms with E-state index < -0.39 is 49.3 Å². The van der Waals surface area contributed by atoms with Gasteiger partial charge in [-0.05, 0) is 44.6 Å². The van der Waals surface area contributed by atoms with E-state index in [0.717, 1.165) is 12.8 Å². The highest BCUT2D eigenvalue weighted by molar-refractivity contribution is 7.89. The maximum absolute atomic E-state index is 14.7. The molecule has 6 unspecified atom stereocenters. The molecular formula is C18H33ClFN5O5S2. The van der Waals surface area contributed by atoms with Crippen molar-refractivity contribution in [1.82, 2.24) is 24.8 Å². The van der Waals surface area contributed by atoms with E-state index in [2.05, 4.69) is 20.5 Å². The van der Waals surface area contributed by atoms with Crippen LogP contribution in [0, 0.1) is 17.8 Å². The molecule has 3 fully saturated rings. The van der Waals surface area contributed by atoms with Crippen molar-refractivity contribution in [2.24, 2.45) is 17.8 Å². The van der Waals surface area contributed by atoms with Crippen LogP contribution in [0.4, 0.5) is 4.39 Å². The SMILES string of the molecule is CN1CNC(C2CC(Cl)C(F)C(C(=O)NNS(=O)(=O)CC3CCCN(S(C)(=O)=O)C3)C2)C1. The summed E-state index contributed by atoms with van der Waals surface area (Å²) < 4.78 is 64.4. The van der Waals surface area contributed by atoms with Gasteiger partial charge in [-0.3, -0.25) is 20.4 Å². The van der Waals surface area contributed by atoms with Crippen molar-refractivity contribution in [2.45, 2.75) is 43.3 Å². The Labute approximate surface area is 194 Å². The number of carbonyl (C=O) groups excluding carboxylic acids is 1. The summed E-state index contributed by atoms with van der Waals surface area (Å²) in [5.74, 6) is -2.52. The Bertz CT molecular complexity index is 892. The lowest BCUT2D eigenvalue weighted by atomic mass is 9.76. The maximum Gasteiger partial charge on any atom is 0.241 e. The summed E-state index contributed by atoms with van der Waals surface area (Å²) in [6.07, 6.45) is 1.37. The summed E-state index contributed by atoms with van der Waals surface area (Å²) in [4.78, 5) is 16.8. The molecule has 0 bridgehead atoms. The van der Waals surface area contributed by atoms with E-state index in [9.17, 15) is 26.0 Å². The van der Waals surface area contributed by atoms with Crippen LogP contribution < -0.4 is 15.6 Å². The summed E-state index contributed by atoms with van der Waals surface area (Å²) in [6.45, 7) is 1.96. The number of alkyl halides is 2. The molecular weight excluding hydrogens is 485 g/mol. The molecule has 0 aromatic rings. The van der Waals surface area contributed by atoms with Crippen molar-refractivity contribution in [2.75, 3.05) is 45.4 Å². The number of sulfonamides is 2. The summed E-state index contributed by atoms with van der Waals surface area (Å²) in [5.41, 5.74) is 2.16. The molecule has 1 amide bonds. The van der Waals surface area contributed by atoms with Crippen molar-refractivity contribution in [3.63, 3.8) is 0 Å². The van der Waals surface area contributed by atoms with Gasteiger partial charge in [0, 0.05) is 32.3 Å². The van der Waals surface area contributed by atoms with Crippen molar-refractivity contribution in [3.8, 4) is 0 Å². The third-order valence-electron chi connectivity index (χ3n) is 6.59. The second-order valence-corrected chi connectivity index (χ2v) is 13.6. The Balaban J connectivity index is 1.55. The lowest BCUT2D eigenvalue weighted by molar-refractivity contribution is -0.129. The molecule has 14 heteroatoms. The first-order valence-corrected chi connectivity index (χ1v) is 14.7. The zero-order chi connectivity index (χ0) is 23.7. The highest BCUT2D eigenvalue weighted by Crippen LogP contribution is 2.37. The number of hydrogen-bond donors (Lipinski definition) is 3.